The Bertz CT molecular complexity index is 424. The summed E-state index contributed by atoms with van der Waals surface area (Å²) in [5, 5.41) is 0. The summed E-state index contributed by atoms with van der Waals surface area (Å²) in [5.41, 5.74) is 0. The smallest absolute Gasteiger partial charge is 0.305 e. The molecule has 0 bridgehead atoms. The van der Waals surface area contributed by atoms with Crippen LogP contribution in [0.1, 0.15) is 6.92 Å². The van der Waals surface area contributed by atoms with Gasteiger partial charge in [-0.3, -0.25) is 0 Å². The fraction of sp³-hybridized carbons (Fsp3) is 0.222. The highest BCUT2D eigenvalue weighted by Gasteiger charge is 2.08. The summed E-state index contributed by atoms with van der Waals surface area (Å²) < 4.78 is 11.6. The fourth-order valence-corrected chi connectivity index (χ4v) is 2.33. The van der Waals surface area contributed by atoms with Crippen LogP contribution >= 0.6 is 27.3 Å². The predicted molar refractivity (Wildman–Crippen MR) is 58.7 cm³/mol. The molecular formula is C9H8BrNO2S. The lowest BCUT2D eigenvalue weighted by Crippen LogP contribution is -1.87. The zero-order chi connectivity index (χ0) is 9.97. The average Bonchev–Trinajstić information content (AvgIpc) is 2.74. The van der Waals surface area contributed by atoms with Crippen molar-refractivity contribution in [3.05, 3.63) is 22.1 Å². The van der Waals surface area contributed by atoms with Crippen LogP contribution in [0.25, 0.3) is 10.8 Å². The summed E-state index contributed by atoms with van der Waals surface area (Å²) in [6, 6.07) is 3.92. The molecule has 0 saturated carbocycles. The lowest BCUT2D eigenvalue weighted by Gasteiger charge is -1.93. The summed E-state index contributed by atoms with van der Waals surface area (Å²) in [7, 11) is 0. The zero-order valence-corrected chi connectivity index (χ0v) is 9.89. The molecule has 2 heterocycles. The molecular weight excluding hydrogens is 266 g/mol. The molecule has 14 heavy (non-hydrogen) atoms. The van der Waals surface area contributed by atoms with E-state index in [0.717, 1.165) is 8.66 Å². The number of thiophene rings is 1. The number of hydrogen-bond acceptors (Lipinski definition) is 4. The van der Waals surface area contributed by atoms with Crippen LogP contribution in [0, 0.1) is 0 Å². The summed E-state index contributed by atoms with van der Waals surface area (Å²) >= 11 is 4.96. The van der Waals surface area contributed by atoms with E-state index in [1.165, 1.54) is 0 Å². The van der Waals surface area contributed by atoms with E-state index in [4.69, 9.17) is 9.15 Å². The van der Waals surface area contributed by atoms with E-state index >= 15 is 0 Å². The Morgan fingerprint density at radius 2 is 2.43 bits per heavy atom. The first-order chi connectivity index (χ1) is 6.79. The van der Waals surface area contributed by atoms with Gasteiger partial charge in [-0.15, -0.1) is 11.3 Å². The molecule has 0 saturated heterocycles. The Hall–Kier alpha value is -0.810. The van der Waals surface area contributed by atoms with Gasteiger partial charge < -0.3 is 9.15 Å². The van der Waals surface area contributed by atoms with Gasteiger partial charge in [-0.1, -0.05) is 0 Å². The number of nitrogens with zero attached hydrogens (tertiary/aromatic N) is 1. The quantitative estimate of drug-likeness (QED) is 0.858. The van der Waals surface area contributed by atoms with E-state index in [-0.39, 0.29) is 0 Å². The molecule has 0 aromatic carbocycles. The van der Waals surface area contributed by atoms with E-state index in [1.54, 1.807) is 17.5 Å². The molecule has 0 atom stereocenters. The first-order valence-corrected chi connectivity index (χ1v) is 5.75. The van der Waals surface area contributed by atoms with Gasteiger partial charge in [-0.25, -0.2) is 4.98 Å². The van der Waals surface area contributed by atoms with Crippen molar-refractivity contribution >= 4 is 27.3 Å². The number of rotatable bonds is 3. The molecule has 0 radical (unpaired) electrons. The van der Waals surface area contributed by atoms with Crippen LogP contribution in [0.3, 0.4) is 0 Å². The summed E-state index contributed by atoms with van der Waals surface area (Å²) in [4.78, 5) is 5.11. The van der Waals surface area contributed by atoms with Crippen molar-refractivity contribution in [2.45, 2.75) is 6.92 Å². The summed E-state index contributed by atoms with van der Waals surface area (Å²) in [6.45, 7) is 2.49. The van der Waals surface area contributed by atoms with E-state index in [0.29, 0.717) is 18.4 Å². The van der Waals surface area contributed by atoms with Gasteiger partial charge in [0.1, 0.15) is 6.20 Å². The third-order valence-electron chi connectivity index (χ3n) is 1.56. The van der Waals surface area contributed by atoms with Crippen LogP contribution < -0.4 is 4.74 Å². The molecule has 5 heteroatoms. The van der Waals surface area contributed by atoms with Crippen molar-refractivity contribution in [2.24, 2.45) is 0 Å². The van der Waals surface area contributed by atoms with Gasteiger partial charge in [0.25, 0.3) is 0 Å². The minimum Gasteiger partial charge on any atom is -0.464 e. The standard InChI is InChI=1S/C9H8BrNO2S/c1-2-12-8-5-11-9(13-8)6-3-4-7(10)14-6/h3-5H,2H2,1H3. The number of hydrogen-bond donors (Lipinski definition) is 0. The molecule has 0 fully saturated rings. The lowest BCUT2D eigenvalue weighted by molar-refractivity contribution is 0.260. The van der Waals surface area contributed by atoms with Gasteiger partial charge in [0, 0.05) is 0 Å². The third kappa shape index (κ3) is 1.99. The van der Waals surface area contributed by atoms with Gasteiger partial charge in [0.05, 0.1) is 15.3 Å². The lowest BCUT2D eigenvalue weighted by atomic mass is 10.5. The molecule has 2 aromatic rings. The zero-order valence-electron chi connectivity index (χ0n) is 7.49. The van der Waals surface area contributed by atoms with Gasteiger partial charge in [0.15, 0.2) is 0 Å². The summed E-state index contributed by atoms with van der Waals surface area (Å²) in [6.07, 6.45) is 1.59. The summed E-state index contributed by atoms with van der Waals surface area (Å²) in [5.74, 6) is 1.07. The molecule has 0 N–H and O–H groups in total. The Morgan fingerprint density at radius 1 is 1.57 bits per heavy atom. The van der Waals surface area contributed by atoms with Crippen LogP contribution in [0.2, 0.25) is 0 Å². The van der Waals surface area contributed by atoms with Gasteiger partial charge in [-0.05, 0) is 35.0 Å². The maximum Gasteiger partial charge on any atom is 0.305 e. The van der Waals surface area contributed by atoms with Crippen LogP contribution in [-0.2, 0) is 0 Å². The minimum absolute atomic E-state index is 0.465. The maximum absolute atomic E-state index is 5.38. The Balaban J connectivity index is 2.24. The molecule has 0 aliphatic rings. The SMILES string of the molecule is CCOc1cnc(-c2ccc(Br)s2)o1. The second-order valence-electron chi connectivity index (χ2n) is 2.52. The molecule has 0 aliphatic carbocycles. The number of oxazole rings is 1. The van der Waals surface area contributed by atoms with E-state index in [1.807, 2.05) is 19.1 Å². The Labute approximate surface area is 93.9 Å². The molecule has 0 spiro atoms. The minimum atomic E-state index is 0.465. The third-order valence-corrected chi connectivity index (χ3v) is 3.17. The van der Waals surface area contributed by atoms with Crippen LogP contribution in [0.15, 0.2) is 26.5 Å². The number of halogens is 1. The second kappa shape index (κ2) is 4.14. The Kier molecular flexibility index (Phi) is 2.88. The van der Waals surface area contributed by atoms with E-state index in [9.17, 15) is 0 Å². The average molecular weight is 274 g/mol. The largest absolute Gasteiger partial charge is 0.464 e. The highest BCUT2D eigenvalue weighted by Crippen LogP contribution is 2.32. The van der Waals surface area contributed by atoms with Crippen molar-refractivity contribution in [2.75, 3.05) is 6.61 Å². The number of ether oxygens (including phenoxy) is 1. The van der Waals surface area contributed by atoms with Gasteiger partial charge in [0.2, 0.25) is 5.89 Å². The van der Waals surface area contributed by atoms with Gasteiger partial charge in [-0.2, -0.15) is 0 Å². The fourth-order valence-electron chi connectivity index (χ4n) is 1.01. The molecule has 0 aliphatic heterocycles. The van der Waals surface area contributed by atoms with Crippen molar-refractivity contribution in [3.63, 3.8) is 0 Å². The van der Waals surface area contributed by atoms with Crippen LogP contribution in [-0.4, -0.2) is 11.6 Å². The van der Waals surface area contributed by atoms with E-state index < -0.39 is 0 Å². The predicted octanol–water partition coefficient (Wildman–Crippen LogP) is 3.56. The maximum atomic E-state index is 5.38. The van der Waals surface area contributed by atoms with Crippen LogP contribution in [0.4, 0.5) is 0 Å². The monoisotopic (exact) mass is 273 g/mol. The molecule has 2 rings (SSSR count). The topological polar surface area (TPSA) is 35.3 Å². The first-order valence-electron chi connectivity index (χ1n) is 4.14. The van der Waals surface area contributed by atoms with Crippen molar-refractivity contribution in [1.29, 1.82) is 0 Å². The van der Waals surface area contributed by atoms with Crippen molar-refractivity contribution in [1.82, 2.24) is 4.98 Å². The first kappa shape index (κ1) is 9.73. The normalized spacial score (nSPS) is 10.4. The highest BCUT2D eigenvalue weighted by molar-refractivity contribution is 9.11. The van der Waals surface area contributed by atoms with Gasteiger partial charge >= 0.3 is 5.95 Å². The van der Waals surface area contributed by atoms with Crippen molar-refractivity contribution in [3.8, 4) is 16.7 Å². The Morgan fingerprint density at radius 3 is 3.07 bits per heavy atom. The number of aromatic nitrogens is 1. The van der Waals surface area contributed by atoms with Crippen molar-refractivity contribution < 1.29 is 9.15 Å². The molecule has 0 unspecified atom stereocenters. The molecule has 74 valence electrons. The molecule has 3 nitrogen and oxygen atoms in total. The second-order valence-corrected chi connectivity index (χ2v) is 4.98. The van der Waals surface area contributed by atoms with Crippen LogP contribution in [0.5, 0.6) is 5.95 Å². The highest BCUT2D eigenvalue weighted by atomic mass is 79.9. The molecule has 2 aromatic heterocycles. The molecule has 0 amide bonds. The van der Waals surface area contributed by atoms with E-state index in [2.05, 4.69) is 20.9 Å².